The first-order valence-electron chi connectivity index (χ1n) is 4.85. The van der Waals surface area contributed by atoms with Gasteiger partial charge in [-0.1, -0.05) is 0 Å². The third-order valence-electron chi connectivity index (χ3n) is 2.62. The zero-order valence-electron chi connectivity index (χ0n) is 8.45. The summed E-state index contributed by atoms with van der Waals surface area (Å²) in [6.07, 6.45) is 2.02. The second-order valence-corrected chi connectivity index (χ2v) is 3.63. The molecule has 2 aromatic rings. The minimum absolute atomic E-state index is 0.112. The zero-order chi connectivity index (χ0) is 12.0. The van der Waals surface area contributed by atoms with Crippen LogP contribution in [-0.4, -0.2) is 16.5 Å². The van der Waals surface area contributed by atoms with Gasteiger partial charge in [-0.15, -0.1) is 0 Å². The fraction of sp³-hybridized carbons (Fsp3) is 0. The molecule has 3 rings (SSSR count). The zero-order valence-corrected chi connectivity index (χ0v) is 8.45. The van der Waals surface area contributed by atoms with Crippen LogP contribution >= 0.6 is 0 Å². The highest BCUT2D eigenvalue weighted by atomic mass is 19.1. The lowest BCUT2D eigenvalue weighted by Crippen LogP contribution is -2.15. The molecule has 6 heteroatoms. The lowest BCUT2D eigenvalue weighted by Gasteiger charge is -2.16. The molecular formula is C11H6FN3O2. The summed E-state index contributed by atoms with van der Waals surface area (Å²) in [5, 5.41) is 9.45. The van der Waals surface area contributed by atoms with Gasteiger partial charge in [0.1, 0.15) is 5.82 Å². The number of aromatic amines is 1. The van der Waals surface area contributed by atoms with Crippen molar-refractivity contribution in [2.75, 3.05) is 5.32 Å². The molecule has 0 saturated carbocycles. The van der Waals surface area contributed by atoms with Crippen molar-refractivity contribution >= 4 is 28.8 Å². The smallest absolute Gasteiger partial charge is 0.272 e. The largest absolute Gasteiger partial charge is 0.350 e. The molecule has 2 heterocycles. The minimum Gasteiger partial charge on any atom is -0.350 e. The highest BCUT2D eigenvalue weighted by molar-refractivity contribution is 6.05. The van der Waals surface area contributed by atoms with Crippen molar-refractivity contribution < 1.29 is 9.18 Å². The average molecular weight is 231 g/mol. The molecule has 2 N–H and O–H groups in total. The number of rotatable bonds is 1. The van der Waals surface area contributed by atoms with Gasteiger partial charge in [0.2, 0.25) is 0 Å². The van der Waals surface area contributed by atoms with Gasteiger partial charge in [0.25, 0.3) is 5.56 Å². The van der Waals surface area contributed by atoms with E-state index >= 15 is 0 Å². The lowest BCUT2D eigenvalue weighted by atomic mass is 10.0. The maximum atomic E-state index is 13.6. The normalized spacial score (nSPS) is 13.1. The first kappa shape index (κ1) is 9.71. The molecule has 5 nitrogen and oxygen atoms in total. The van der Waals surface area contributed by atoms with Gasteiger partial charge in [-0.05, 0) is 18.2 Å². The van der Waals surface area contributed by atoms with Crippen LogP contribution in [0.4, 0.5) is 10.1 Å². The van der Waals surface area contributed by atoms with Crippen LogP contribution in [0.25, 0.3) is 16.8 Å². The Bertz CT molecular complexity index is 733. The summed E-state index contributed by atoms with van der Waals surface area (Å²) in [5.41, 5.74) is 0.286. The molecule has 84 valence electrons. The van der Waals surface area contributed by atoms with Crippen LogP contribution < -0.4 is 10.9 Å². The molecule has 0 amide bonds. The SMILES string of the molecule is O=CC1=Cc2n[nH]c(=O)c3ccc(F)c(c23)N1. The Morgan fingerprint density at radius 2 is 2.18 bits per heavy atom. The third kappa shape index (κ3) is 1.27. The molecule has 17 heavy (non-hydrogen) atoms. The van der Waals surface area contributed by atoms with E-state index in [-0.39, 0.29) is 11.4 Å². The quantitative estimate of drug-likeness (QED) is 0.719. The second-order valence-electron chi connectivity index (χ2n) is 3.63. The summed E-state index contributed by atoms with van der Waals surface area (Å²) in [4.78, 5) is 22.2. The predicted molar refractivity (Wildman–Crippen MR) is 60.0 cm³/mol. The predicted octanol–water partition coefficient (Wildman–Crippen LogP) is 1.03. The number of nitrogens with one attached hydrogen (secondary N) is 2. The number of carbonyl (C=O) groups is 1. The molecule has 1 aromatic heterocycles. The van der Waals surface area contributed by atoms with E-state index in [1.807, 2.05) is 0 Å². The van der Waals surface area contributed by atoms with Crippen LogP contribution in [0.5, 0.6) is 0 Å². The van der Waals surface area contributed by atoms with Crippen molar-refractivity contribution in [1.82, 2.24) is 10.2 Å². The molecule has 0 fully saturated rings. The van der Waals surface area contributed by atoms with Crippen LogP contribution in [0, 0.1) is 5.82 Å². The highest BCUT2D eigenvalue weighted by Gasteiger charge is 2.18. The number of anilines is 1. The number of aldehydes is 1. The van der Waals surface area contributed by atoms with E-state index in [1.54, 1.807) is 0 Å². The van der Waals surface area contributed by atoms with E-state index in [4.69, 9.17) is 0 Å². The van der Waals surface area contributed by atoms with E-state index in [0.29, 0.717) is 22.8 Å². The summed E-state index contributed by atoms with van der Waals surface area (Å²) >= 11 is 0. The van der Waals surface area contributed by atoms with Gasteiger partial charge in [0.05, 0.1) is 22.5 Å². The third-order valence-corrected chi connectivity index (χ3v) is 2.62. The van der Waals surface area contributed by atoms with Crippen LogP contribution in [0.15, 0.2) is 22.6 Å². The summed E-state index contributed by atoms with van der Waals surface area (Å²) in [6, 6.07) is 2.57. The Morgan fingerprint density at radius 3 is 2.94 bits per heavy atom. The van der Waals surface area contributed by atoms with Crippen LogP contribution in [0.2, 0.25) is 0 Å². The van der Waals surface area contributed by atoms with Crippen molar-refractivity contribution in [2.24, 2.45) is 0 Å². The monoisotopic (exact) mass is 231 g/mol. The molecule has 1 aliphatic rings. The summed E-state index contributed by atoms with van der Waals surface area (Å²) in [7, 11) is 0. The van der Waals surface area contributed by atoms with Gasteiger partial charge >= 0.3 is 0 Å². The van der Waals surface area contributed by atoms with Crippen molar-refractivity contribution in [2.45, 2.75) is 0 Å². The summed E-state index contributed by atoms with van der Waals surface area (Å²) in [6.45, 7) is 0. The molecule has 0 saturated heterocycles. The van der Waals surface area contributed by atoms with E-state index in [9.17, 15) is 14.0 Å². The van der Waals surface area contributed by atoms with Crippen LogP contribution in [0.3, 0.4) is 0 Å². The number of aromatic nitrogens is 2. The first-order chi connectivity index (χ1) is 8.20. The fourth-order valence-corrected chi connectivity index (χ4v) is 1.88. The van der Waals surface area contributed by atoms with E-state index in [1.165, 1.54) is 18.2 Å². The molecule has 0 spiro atoms. The molecule has 0 unspecified atom stereocenters. The van der Waals surface area contributed by atoms with Crippen LogP contribution in [-0.2, 0) is 4.79 Å². The number of H-pyrrole nitrogens is 1. The van der Waals surface area contributed by atoms with Gasteiger partial charge < -0.3 is 5.32 Å². The number of hydrogen-bond acceptors (Lipinski definition) is 4. The van der Waals surface area contributed by atoms with E-state index in [0.717, 1.165) is 0 Å². The number of halogens is 1. The first-order valence-corrected chi connectivity index (χ1v) is 4.85. The number of nitrogens with zero attached hydrogens (tertiary/aromatic N) is 1. The van der Waals surface area contributed by atoms with Gasteiger partial charge in [0, 0.05) is 5.39 Å². The van der Waals surface area contributed by atoms with Crippen molar-refractivity contribution in [3.63, 3.8) is 0 Å². The second kappa shape index (κ2) is 3.24. The summed E-state index contributed by atoms with van der Waals surface area (Å²) in [5.74, 6) is -0.529. The number of allylic oxidation sites excluding steroid dienone is 1. The molecule has 0 radical (unpaired) electrons. The Labute approximate surface area is 94.0 Å². The molecule has 0 atom stereocenters. The minimum atomic E-state index is -0.529. The molecule has 1 aromatic carbocycles. The number of benzene rings is 1. The lowest BCUT2D eigenvalue weighted by molar-refractivity contribution is -0.104. The van der Waals surface area contributed by atoms with Crippen molar-refractivity contribution in [3.8, 4) is 0 Å². The Balaban J connectivity index is 2.52. The maximum Gasteiger partial charge on any atom is 0.272 e. The topological polar surface area (TPSA) is 74.8 Å². The van der Waals surface area contributed by atoms with Crippen LogP contribution in [0.1, 0.15) is 5.69 Å². The molecule has 1 aliphatic heterocycles. The Morgan fingerprint density at radius 1 is 1.35 bits per heavy atom. The Kier molecular flexibility index (Phi) is 1.85. The van der Waals surface area contributed by atoms with Gasteiger partial charge in [0.15, 0.2) is 6.29 Å². The summed E-state index contributed by atoms with van der Waals surface area (Å²) < 4.78 is 13.6. The molecule has 0 aliphatic carbocycles. The van der Waals surface area contributed by atoms with Gasteiger partial charge in [-0.2, -0.15) is 5.10 Å². The van der Waals surface area contributed by atoms with E-state index < -0.39 is 11.4 Å². The number of hydrogen-bond donors (Lipinski definition) is 2. The molecular weight excluding hydrogens is 225 g/mol. The van der Waals surface area contributed by atoms with Crippen molar-refractivity contribution in [3.05, 3.63) is 39.7 Å². The Hall–Kier alpha value is -2.50. The van der Waals surface area contributed by atoms with Gasteiger partial charge in [-0.3, -0.25) is 9.59 Å². The van der Waals surface area contributed by atoms with Crippen molar-refractivity contribution in [1.29, 1.82) is 0 Å². The number of carbonyl (C=O) groups excluding carboxylic acids is 1. The van der Waals surface area contributed by atoms with Gasteiger partial charge in [-0.25, -0.2) is 9.49 Å². The highest BCUT2D eigenvalue weighted by Crippen LogP contribution is 2.31. The average Bonchev–Trinajstić information content (AvgIpc) is 2.35. The molecule has 0 bridgehead atoms. The maximum absolute atomic E-state index is 13.6. The standard InChI is InChI=1S/C11H6FN3O2/c12-7-2-1-6-9-8(14-15-11(6)17)3-5(4-16)13-10(7)9/h1-4,13H,(H,15,17). The van der Waals surface area contributed by atoms with E-state index in [2.05, 4.69) is 15.5 Å². The fourth-order valence-electron chi connectivity index (χ4n) is 1.88.